The maximum Gasteiger partial charge on any atom is 0.255 e. The zero-order valence-corrected chi connectivity index (χ0v) is 20.0. The molecule has 3 heterocycles. The Morgan fingerprint density at radius 2 is 1.97 bits per heavy atom. The molecule has 0 spiro atoms. The van der Waals surface area contributed by atoms with Gasteiger partial charge >= 0.3 is 0 Å². The number of nitrogens with zero attached hydrogens (tertiary/aromatic N) is 5. The van der Waals surface area contributed by atoms with E-state index >= 15 is 0 Å². The zero-order chi connectivity index (χ0) is 22.5. The SMILES string of the molecule is CSc1cnc(CC[C@H](C)CCc2nc3ccc(C(=O)Nc4cnn(C)c4)cc3s2)nc1. The Hall–Kier alpha value is -2.78. The van der Waals surface area contributed by atoms with E-state index in [0.29, 0.717) is 17.2 Å². The lowest BCUT2D eigenvalue weighted by molar-refractivity contribution is 0.102. The summed E-state index contributed by atoms with van der Waals surface area (Å²) in [6, 6.07) is 5.66. The maximum atomic E-state index is 12.5. The highest BCUT2D eigenvalue weighted by atomic mass is 32.2. The number of carbonyl (C=O) groups excluding carboxylic acids is 1. The summed E-state index contributed by atoms with van der Waals surface area (Å²) >= 11 is 3.32. The molecule has 0 aliphatic carbocycles. The second-order valence-corrected chi connectivity index (χ2v) is 9.86. The van der Waals surface area contributed by atoms with Crippen molar-refractivity contribution < 1.29 is 4.79 Å². The number of thiazole rings is 1. The van der Waals surface area contributed by atoms with Crippen LogP contribution in [0.2, 0.25) is 0 Å². The molecule has 166 valence electrons. The van der Waals surface area contributed by atoms with Crippen molar-refractivity contribution in [3.05, 3.63) is 59.4 Å². The molecule has 1 N–H and O–H groups in total. The fourth-order valence-electron chi connectivity index (χ4n) is 3.38. The van der Waals surface area contributed by atoms with E-state index in [1.54, 1.807) is 40.2 Å². The molecule has 9 heteroatoms. The second kappa shape index (κ2) is 10.2. The first-order chi connectivity index (χ1) is 15.5. The first-order valence-electron chi connectivity index (χ1n) is 10.5. The Labute approximate surface area is 195 Å². The van der Waals surface area contributed by atoms with Gasteiger partial charge in [0.25, 0.3) is 5.91 Å². The van der Waals surface area contributed by atoms with Gasteiger partial charge in [-0.15, -0.1) is 23.1 Å². The number of rotatable bonds is 9. The molecule has 32 heavy (non-hydrogen) atoms. The van der Waals surface area contributed by atoms with Crippen LogP contribution >= 0.6 is 23.1 Å². The molecule has 3 aromatic heterocycles. The van der Waals surface area contributed by atoms with E-state index in [-0.39, 0.29) is 5.91 Å². The largest absolute Gasteiger partial charge is 0.319 e. The molecule has 0 aliphatic rings. The molecule has 0 fully saturated rings. The van der Waals surface area contributed by atoms with Crippen molar-refractivity contribution >= 4 is 44.9 Å². The molecule has 4 aromatic rings. The van der Waals surface area contributed by atoms with Crippen molar-refractivity contribution in [2.24, 2.45) is 13.0 Å². The first kappa shape index (κ1) is 22.4. The fraction of sp³-hybridized carbons (Fsp3) is 0.348. The Morgan fingerprint density at radius 1 is 1.19 bits per heavy atom. The van der Waals surface area contributed by atoms with E-state index < -0.39 is 0 Å². The van der Waals surface area contributed by atoms with Crippen LogP contribution in [0.15, 0.2) is 47.9 Å². The number of aromatic nitrogens is 5. The summed E-state index contributed by atoms with van der Waals surface area (Å²) in [6.45, 7) is 2.27. The third-order valence-corrected chi connectivity index (χ3v) is 7.05. The zero-order valence-electron chi connectivity index (χ0n) is 18.4. The van der Waals surface area contributed by atoms with Gasteiger partial charge in [0.15, 0.2) is 0 Å². The van der Waals surface area contributed by atoms with Gasteiger partial charge in [-0.25, -0.2) is 15.0 Å². The molecular weight excluding hydrogens is 440 g/mol. The van der Waals surface area contributed by atoms with Crippen LogP contribution in [0.1, 0.15) is 41.0 Å². The van der Waals surface area contributed by atoms with Gasteiger partial charge in [0.05, 0.1) is 27.1 Å². The fourth-order valence-corrected chi connectivity index (χ4v) is 4.71. The number of fused-ring (bicyclic) bond motifs is 1. The van der Waals surface area contributed by atoms with Gasteiger partial charge in [-0.2, -0.15) is 5.10 Å². The third-order valence-electron chi connectivity index (χ3n) is 5.29. The highest BCUT2D eigenvalue weighted by Crippen LogP contribution is 2.26. The number of nitrogens with one attached hydrogen (secondary N) is 1. The first-order valence-corrected chi connectivity index (χ1v) is 12.6. The minimum Gasteiger partial charge on any atom is -0.319 e. The monoisotopic (exact) mass is 466 g/mol. The predicted octanol–water partition coefficient (Wildman–Crippen LogP) is 5.00. The lowest BCUT2D eigenvalue weighted by atomic mass is 10.00. The number of aryl methyl sites for hydroxylation is 3. The maximum absolute atomic E-state index is 12.5. The van der Waals surface area contributed by atoms with E-state index in [9.17, 15) is 4.79 Å². The lowest BCUT2D eigenvalue weighted by Gasteiger charge is -2.09. The third kappa shape index (κ3) is 5.72. The molecule has 1 amide bonds. The number of thioether (sulfide) groups is 1. The number of hydrogen-bond acceptors (Lipinski definition) is 7. The average molecular weight is 467 g/mol. The van der Waals surface area contributed by atoms with E-state index in [1.807, 2.05) is 43.9 Å². The number of carbonyl (C=O) groups is 1. The van der Waals surface area contributed by atoms with Gasteiger partial charge in [0.2, 0.25) is 0 Å². The minimum atomic E-state index is -0.142. The summed E-state index contributed by atoms with van der Waals surface area (Å²) in [6.07, 6.45) is 13.2. The summed E-state index contributed by atoms with van der Waals surface area (Å²) in [5.41, 5.74) is 2.25. The van der Waals surface area contributed by atoms with Crippen molar-refractivity contribution in [2.75, 3.05) is 11.6 Å². The van der Waals surface area contributed by atoms with E-state index in [4.69, 9.17) is 4.98 Å². The van der Waals surface area contributed by atoms with Crippen molar-refractivity contribution in [3.63, 3.8) is 0 Å². The molecule has 1 atom stereocenters. The van der Waals surface area contributed by atoms with Gasteiger partial charge in [-0.3, -0.25) is 9.48 Å². The Balaban J connectivity index is 1.31. The molecule has 0 bridgehead atoms. The lowest BCUT2D eigenvalue weighted by Crippen LogP contribution is -2.11. The van der Waals surface area contributed by atoms with Crippen LogP contribution in [0, 0.1) is 5.92 Å². The van der Waals surface area contributed by atoms with Crippen LogP contribution in [-0.4, -0.2) is 36.9 Å². The number of amides is 1. The molecule has 0 radical (unpaired) electrons. The number of anilines is 1. The van der Waals surface area contributed by atoms with Crippen LogP contribution in [0.25, 0.3) is 10.2 Å². The molecule has 4 rings (SSSR count). The van der Waals surface area contributed by atoms with E-state index in [2.05, 4.69) is 27.3 Å². The van der Waals surface area contributed by atoms with E-state index in [1.165, 1.54) is 0 Å². The van der Waals surface area contributed by atoms with Crippen molar-refractivity contribution in [1.29, 1.82) is 0 Å². The van der Waals surface area contributed by atoms with Gasteiger partial charge in [0, 0.05) is 42.5 Å². The molecule has 0 saturated heterocycles. The molecule has 0 unspecified atom stereocenters. The molecule has 0 aliphatic heterocycles. The average Bonchev–Trinajstić information content (AvgIpc) is 3.41. The molecular formula is C23H26N6OS2. The van der Waals surface area contributed by atoms with Crippen LogP contribution in [0.5, 0.6) is 0 Å². The predicted molar refractivity (Wildman–Crippen MR) is 130 cm³/mol. The van der Waals surface area contributed by atoms with Crippen LogP contribution in [0.4, 0.5) is 5.69 Å². The van der Waals surface area contributed by atoms with E-state index in [0.717, 1.165) is 51.6 Å². The number of benzene rings is 1. The molecule has 1 aromatic carbocycles. The Bertz CT molecular complexity index is 1200. The smallest absolute Gasteiger partial charge is 0.255 e. The van der Waals surface area contributed by atoms with Gasteiger partial charge < -0.3 is 5.32 Å². The highest BCUT2D eigenvalue weighted by molar-refractivity contribution is 7.98. The van der Waals surface area contributed by atoms with Crippen LogP contribution in [0.3, 0.4) is 0 Å². The molecule has 7 nitrogen and oxygen atoms in total. The van der Waals surface area contributed by atoms with Crippen molar-refractivity contribution in [3.8, 4) is 0 Å². The highest BCUT2D eigenvalue weighted by Gasteiger charge is 2.12. The van der Waals surface area contributed by atoms with Crippen molar-refractivity contribution in [2.45, 2.75) is 37.5 Å². The van der Waals surface area contributed by atoms with Gasteiger partial charge in [0.1, 0.15) is 5.82 Å². The summed E-state index contributed by atoms with van der Waals surface area (Å²) < 4.78 is 2.69. The standard InChI is InChI=1S/C23H26N6OS2/c1-15(4-8-21-24-12-18(31-3)13-25-21)5-9-22-28-19-7-6-16(10-20(19)32-22)23(30)27-17-11-26-29(2)14-17/h6-7,10-15H,4-5,8-9H2,1-3H3,(H,27,30)/t15-/m0/s1. The normalized spacial score (nSPS) is 12.2. The Morgan fingerprint density at radius 3 is 2.69 bits per heavy atom. The van der Waals surface area contributed by atoms with Crippen molar-refractivity contribution in [1.82, 2.24) is 24.7 Å². The topological polar surface area (TPSA) is 85.6 Å². The summed E-state index contributed by atoms with van der Waals surface area (Å²) in [7, 11) is 1.82. The van der Waals surface area contributed by atoms with Gasteiger partial charge in [-0.05, 0) is 49.6 Å². The summed E-state index contributed by atoms with van der Waals surface area (Å²) in [5.74, 6) is 1.33. The second-order valence-electron chi connectivity index (χ2n) is 7.87. The summed E-state index contributed by atoms with van der Waals surface area (Å²) in [5, 5.41) is 8.06. The van der Waals surface area contributed by atoms with Gasteiger partial charge in [-0.1, -0.05) is 6.92 Å². The quantitative estimate of drug-likeness (QED) is 0.350. The van der Waals surface area contributed by atoms with Crippen LogP contribution in [-0.2, 0) is 19.9 Å². The molecule has 0 saturated carbocycles. The Kier molecular flexibility index (Phi) is 7.16. The number of hydrogen-bond donors (Lipinski definition) is 1. The summed E-state index contributed by atoms with van der Waals surface area (Å²) in [4.78, 5) is 27.3. The van der Waals surface area contributed by atoms with Crippen LogP contribution < -0.4 is 5.32 Å². The minimum absolute atomic E-state index is 0.142.